The van der Waals surface area contributed by atoms with E-state index in [9.17, 15) is 13.2 Å². The summed E-state index contributed by atoms with van der Waals surface area (Å²) in [6, 6.07) is 4.21. The molecule has 19 heavy (non-hydrogen) atoms. The number of carboxylic acids is 1. The number of rotatable bonds is 3. The van der Waals surface area contributed by atoms with Gasteiger partial charge in [-0.25, -0.2) is 13.2 Å². The van der Waals surface area contributed by atoms with Crippen molar-refractivity contribution in [3.8, 4) is 0 Å². The second kappa shape index (κ2) is 5.28. The second-order valence-corrected chi connectivity index (χ2v) is 6.37. The fourth-order valence-electron chi connectivity index (χ4n) is 2.03. The molecule has 1 aromatic rings. The van der Waals surface area contributed by atoms with E-state index in [1.807, 2.05) is 0 Å². The van der Waals surface area contributed by atoms with Crippen LogP contribution in [-0.4, -0.2) is 50.0 Å². The summed E-state index contributed by atoms with van der Waals surface area (Å²) in [5.74, 6) is -1.12. The lowest BCUT2D eigenvalue weighted by Gasteiger charge is -2.26. The summed E-state index contributed by atoms with van der Waals surface area (Å²) in [6.45, 7) is 3.66. The summed E-state index contributed by atoms with van der Waals surface area (Å²) < 4.78 is 26.1. The minimum absolute atomic E-state index is 0.0243. The zero-order chi connectivity index (χ0) is 14.0. The van der Waals surface area contributed by atoms with Crippen molar-refractivity contribution < 1.29 is 18.3 Å². The molecule has 1 aliphatic heterocycles. The number of aryl methyl sites for hydroxylation is 1. The smallest absolute Gasteiger partial charge is 0.335 e. The predicted molar refractivity (Wildman–Crippen MR) is 69.8 cm³/mol. The van der Waals surface area contributed by atoms with E-state index in [4.69, 9.17) is 5.11 Å². The molecule has 1 fully saturated rings. The topological polar surface area (TPSA) is 86.7 Å². The molecular formula is C12H16N2O4S. The lowest BCUT2D eigenvalue weighted by molar-refractivity contribution is 0.0696. The average Bonchev–Trinajstić information content (AvgIpc) is 2.39. The average molecular weight is 284 g/mol. The normalized spacial score (nSPS) is 17.3. The van der Waals surface area contributed by atoms with Gasteiger partial charge in [0, 0.05) is 26.2 Å². The van der Waals surface area contributed by atoms with Crippen LogP contribution in [-0.2, 0) is 10.0 Å². The largest absolute Gasteiger partial charge is 0.478 e. The highest BCUT2D eigenvalue weighted by molar-refractivity contribution is 7.89. The van der Waals surface area contributed by atoms with Gasteiger partial charge in [0.2, 0.25) is 10.0 Å². The first-order valence-corrected chi connectivity index (χ1v) is 7.42. The number of sulfonamides is 1. The molecule has 2 N–H and O–H groups in total. The maximum atomic E-state index is 12.4. The number of aromatic carboxylic acids is 1. The van der Waals surface area contributed by atoms with Crippen LogP contribution >= 0.6 is 0 Å². The van der Waals surface area contributed by atoms with Crippen molar-refractivity contribution in [1.29, 1.82) is 0 Å². The molecule has 6 nitrogen and oxygen atoms in total. The van der Waals surface area contributed by atoms with Crippen molar-refractivity contribution >= 4 is 16.0 Å². The molecule has 0 unspecified atom stereocenters. The van der Waals surface area contributed by atoms with Crippen molar-refractivity contribution in [1.82, 2.24) is 9.62 Å². The second-order valence-electron chi connectivity index (χ2n) is 4.44. The van der Waals surface area contributed by atoms with E-state index < -0.39 is 16.0 Å². The summed E-state index contributed by atoms with van der Waals surface area (Å²) in [6.07, 6.45) is 0. The molecule has 0 aromatic heterocycles. The molecule has 0 atom stereocenters. The molecule has 0 aliphatic carbocycles. The van der Waals surface area contributed by atoms with Gasteiger partial charge in [0.1, 0.15) is 0 Å². The highest BCUT2D eigenvalue weighted by Crippen LogP contribution is 2.20. The molecule has 1 aliphatic rings. The van der Waals surface area contributed by atoms with Crippen LogP contribution in [0.3, 0.4) is 0 Å². The molecule has 1 heterocycles. The van der Waals surface area contributed by atoms with Crippen LogP contribution in [0.2, 0.25) is 0 Å². The van der Waals surface area contributed by atoms with Gasteiger partial charge in [-0.05, 0) is 24.6 Å². The molecule has 7 heteroatoms. The van der Waals surface area contributed by atoms with E-state index in [1.165, 1.54) is 22.5 Å². The Morgan fingerprint density at radius 1 is 1.32 bits per heavy atom. The van der Waals surface area contributed by atoms with E-state index in [0.29, 0.717) is 31.7 Å². The number of carbonyl (C=O) groups is 1. The monoisotopic (exact) mass is 284 g/mol. The SMILES string of the molecule is Cc1ccc(S(=O)(=O)N2CCNCC2)cc1C(=O)O. The first-order chi connectivity index (χ1) is 8.93. The number of hydrogen-bond acceptors (Lipinski definition) is 4. The van der Waals surface area contributed by atoms with Crippen molar-refractivity contribution in [2.75, 3.05) is 26.2 Å². The van der Waals surface area contributed by atoms with Crippen molar-refractivity contribution in [2.45, 2.75) is 11.8 Å². The van der Waals surface area contributed by atoms with Crippen LogP contribution in [0.15, 0.2) is 23.1 Å². The third-order valence-corrected chi connectivity index (χ3v) is 5.05. The molecule has 0 radical (unpaired) electrons. The zero-order valence-electron chi connectivity index (χ0n) is 10.6. The fraction of sp³-hybridized carbons (Fsp3) is 0.417. The van der Waals surface area contributed by atoms with Crippen LogP contribution in [0, 0.1) is 6.92 Å². The summed E-state index contributed by atoms with van der Waals surface area (Å²) in [4.78, 5) is 11.1. The minimum atomic E-state index is -3.60. The van der Waals surface area contributed by atoms with Crippen LogP contribution < -0.4 is 5.32 Å². The standard InChI is InChI=1S/C12H16N2O4S/c1-9-2-3-10(8-11(9)12(15)16)19(17,18)14-6-4-13-5-7-14/h2-3,8,13H,4-7H2,1H3,(H,15,16). The van der Waals surface area contributed by atoms with Gasteiger partial charge in [-0.1, -0.05) is 6.07 Å². The molecule has 1 saturated heterocycles. The van der Waals surface area contributed by atoms with Gasteiger partial charge in [-0.15, -0.1) is 0 Å². The molecule has 0 bridgehead atoms. The summed E-state index contributed by atoms with van der Waals surface area (Å²) >= 11 is 0. The van der Waals surface area contributed by atoms with E-state index in [-0.39, 0.29) is 10.5 Å². The molecule has 0 amide bonds. The quantitative estimate of drug-likeness (QED) is 0.833. The summed E-state index contributed by atoms with van der Waals surface area (Å²) in [7, 11) is -3.60. The minimum Gasteiger partial charge on any atom is -0.478 e. The molecule has 104 valence electrons. The molecular weight excluding hydrogens is 268 g/mol. The third kappa shape index (κ3) is 2.78. The Bertz CT molecular complexity index is 592. The van der Waals surface area contributed by atoms with Gasteiger partial charge >= 0.3 is 5.97 Å². The van der Waals surface area contributed by atoms with E-state index in [2.05, 4.69) is 5.32 Å². The maximum absolute atomic E-state index is 12.4. The highest BCUT2D eigenvalue weighted by atomic mass is 32.2. The van der Waals surface area contributed by atoms with Crippen molar-refractivity contribution in [2.24, 2.45) is 0 Å². The zero-order valence-corrected chi connectivity index (χ0v) is 11.4. The molecule has 0 saturated carbocycles. The lowest BCUT2D eigenvalue weighted by atomic mass is 10.1. The van der Waals surface area contributed by atoms with E-state index in [0.717, 1.165) is 0 Å². The highest BCUT2D eigenvalue weighted by Gasteiger charge is 2.26. The molecule has 2 rings (SSSR count). The number of benzene rings is 1. The van der Waals surface area contributed by atoms with Crippen molar-refractivity contribution in [3.05, 3.63) is 29.3 Å². The fourth-order valence-corrected chi connectivity index (χ4v) is 3.49. The number of piperazine rings is 1. The Kier molecular flexibility index (Phi) is 3.88. The van der Waals surface area contributed by atoms with Gasteiger partial charge in [-0.2, -0.15) is 4.31 Å². The van der Waals surface area contributed by atoms with Crippen molar-refractivity contribution in [3.63, 3.8) is 0 Å². The van der Waals surface area contributed by atoms with E-state index in [1.54, 1.807) is 6.92 Å². The Labute approximate surface area is 112 Å². The molecule has 1 aromatic carbocycles. The van der Waals surface area contributed by atoms with Crippen LogP contribution in [0.4, 0.5) is 0 Å². The van der Waals surface area contributed by atoms with Crippen LogP contribution in [0.25, 0.3) is 0 Å². The van der Waals surface area contributed by atoms with E-state index >= 15 is 0 Å². The Hall–Kier alpha value is -1.44. The first kappa shape index (κ1) is 14.0. The number of hydrogen-bond donors (Lipinski definition) is 2. The summed E-state index contributed by atoms with van der Waals surface area (Å²) in [5.41, 5.74) is 0.572. The lowest BCUT2D eigenvalue weighted by Crippen LogP contribution is -2.46. The van der Waals surface area contributed by atoms with Crippen LogP contribution in [0.1, 0.15) is 15.9 Å². The third-order valence-electron chi connectivity index (χ3n) is 3.15. The Balaban J connectivity index is 2.40. The number of carboxylic acid groups (broad SMARTS) is 1. The van der Waals surface area contributed by atoms with Gasteiger partial charge < -0.3 is 10.4 Å². The Morgan fingerprint density at radius 3 is 2.53 bits per heavy atom. The predicted octanol–water partition coefficient (Wildman–Crippen LogP) is 0.287. The number of nitrogens with one attached hydrogen (secondary N) is 1. The van der Waals surface area contributed by atoms with Crippen LogP contribution in [0.5, 0.6) is 0 Å². The first-order valence-electron chi connectivity index (χ1n) is 5.98. The van der Waals surface area contributed by atoms with Gasteiger partial charge in [0.05, 0.1) is 10.5 Å². The maximum Gasteiger partial charge on any atom is 0.335 e. The van der Waals surface area contributed by atoms with Gasteiger partial charge in [-0.3, -0.25) is 0 Å². The Morgan fingerprint density at radius 2 is 1.95 bits per heavy atom. The van der Waals surface area contributed by atoms with Gasteiger partial charge in [0.25, 0.3) is 0 Å². The van der Waals surface area contributed by atoms with Gasteiger partial charge in [0.15, 0.2) is 0 Å². The number of nitrogens with zero attached hydrogens (tertiary/aromatic N) is 1. The summed E-state index contributed by atoms with van der Waals surface area (Å²) in [5, 5.41) is 12.1. The molecule has 0 spiro atoms.